The summed E-state index contributed by atoms with van der Waals surface area (Å²) in [5.41, 5.74) is -0.299. The van der Waals surface area contributed by atoms with Crippen LogP contribution in [0, 0.1) is 23.7 Å². The van der Waals surface area contributed by atoms with Crippen LogP contribution in [0.3, 0.4) is 0 Å². The Bertz CT molecular complexity index is 642. The van der Waals surface area contributed by atoms with Crippen molar-refractivity contribution in [3.05, 3.63) is 0 Å². The van der Waals surface area contributed by atoms with E-state index in [0.717, 1.165) is 6.42 Å². The van der Waals surface area contributed by atoms with E-state index in [9.17, 15) is 14.4 Å². The van der Waals surface area contributed by atoms with Gasteiger partial charge in [-0.05, 0) is 31.6 Å². The Balaban J connectivity index is 1.67. The van der Waals surface area contributed by atoms with Gasteiger partial charge in [-0.15, -0.1) is 0 Å². The highest BCUT2D eigenvalue weighted by Gasteiger charge is 2.71. The largest absolute Gasteiger partial charge is 0.455 e. The molecule has 3 saturated heterocycles. The van der Waals surface area contributed by atoms with Crippen LogP contribution in [0.15, 0.2) is 0 Å². The molecule has 1 aliphatic carbocycles. The number of Topliss-reactive ketones (excluding diaryl/α,β-unsaturated/α-hetero) is 2. The van der Waals surface area contributed by atoms with E-state index in [2.05, 4.69) is 20.8 Å². The van der Waals surface area contributed by atoms with Gasteiger partial charge in [0.1, 0.15) is 6.10 Å². The quantitative estimate of drug-likeness (QED) is 0.551. The Labute approximate surface area is 153 Å². The molecule has 26 heavy (non-hydrogen) atoms. The first kappa shape index (κ1) is 18.1. The molecule has 0 unspecified atom stereocenters. The second-order valence-electron chi connectivity index (χ2n) is 8.91. The van der Waals surface area contributed by atoms with E-state index in [-0.39, 0.29) is 60.5 Å². The average Bonchev–Trinajstić information content (AvgIpc) is 3.06. The number of carbonyl (C=O) groups excluding carboxylic acids is 3. The highest BCUT2D eigenvalue weighted by atomic mass is 16.6. The highest BCUT2D eigenvalue weighted by molar-refractivity contribution is 5.89. The summed E-state index contributed by atoms with van der Waals surface area (Å²) < 4.78 is 17.5. The summed E-state index contributed by atoms with van der Waals surface area (Å²) in [6.45, 7) is 7.76. The molecule has 8 atom stereocenters. The molecular weight excluding hydrogens is 336 g/mol. The summed E-state index contributed by atoms with van der Waals surface area (Å²) in [6, 6.07) is 0. The second kappa shape index (κ2) is 6.13. The van der Waals surface area contributed by atoms with E-state index < -0.39 is 18.2 Å². The molecule has 4 rings (SSSR count). The van der Waals surface area contributed by atoms with Crippen molar-refractivity contribution in [2.45, 2.75) is 83.4 Å². The van der Waals surface area contributed by atoms with Gasteiger partial charge in [0, 0.05) is 31.6 Å². The lowest BCUT2D eigenvalue weighted by atomic mass is 9.60. The molecule has 0 spiro atoms. The van der Waals surface area contributed by atoms with Crippen molar-refractivity contribution in [3.63, 3.8) is 0 Å². The number of hydrogen-bond acceptors (Lipinski definition) is 6. The first-order valence-corrected chi connectivity index (χ1v) is 9.78. The molecule has 0 aromatic heterocycles. The first-order valence-electron chi connectivity index (χ1n) is 9.78. The molecule has 0 aromatic rings. The van der Waals surface area contributed by atoms with Gasteiger partial charge >= 0.3 is 5.97 Å². The van der Waals surface area contributed by atoms with Gasteiger partial charge in [-0.25, -0.2) is 0 Å². The summed E-state index contributed by atoms with van der Waals surface area (Å²) in [6.07, 6.45) is 0.139. The van der Waals surface area contributed by atoms with Gasteiger partial charge in [-0.2, -0.15) is 0 Å². The summed E-state index contributed by atoms with van der Waals surface area (Å²) in [5, 5.41) is 0. The number of ketones is 2. The number of carbonyl (C=O) groups is 3. The molecule has 2 bridgehead atoms. The zero-order valence-electron chi connectivity index (χ0n) is 15.9. The standard InChI is InChI=1S/C20H28O6/c1-9(2)11-7-16-20(4,26-16)18-15-8-13(23)14(24-10(3)21)6-5-12(22)19(25-15)17(11)18/h9,11,14-19H,5-8H2,1-4H3/t11-,14+,15+,16+,17-,18-,19-,20+/m1/s1. The summed E-state index contributed by atoms with van der Waals surface area (Å²) >= 11 is 0. The lowest BCUT2D eigenvalue weighted by Gasteiger charge is -2.39. The molecule has 0 N–H and O–H groups in total. The number of hydrogen-bond donors (Lipinski definition) is 0. The van der Waals surface area contributed by atoms with Crippen LogP contribution in [0.4, 0.5) is 0 Å². The van der Waals surface area contributed by atoms with Crippen molar-refractivity contribution in [3.8, 4) is 0 Å². The monoisotopic (exact) mass is 364 g/mol. The third kappa shape index (κ3) is 2.73. The third-order valence-electron chi connectivity index (χ3n) is 7.00. The van der Waals surface area contributed by atoms with E-state index in [1.54, 1.807) is 0 Å². The average molecular weight is 364 g/mol. The lowest BCUT2D eigenvalue weighted by molar-refractivity contribution is -0.154. The fraction of sp³-hybridized carbons (Fsp3) is 0.850. The normalized spacial score (nSPS) is 47.5. The fourth-order valence-electron chi connectivity index (χ4n) is 5.71. The van der Waals surface area contributed by atoms with Gasteiger partial charge in [0.05, 0.1) is 17.8 Å². The molecule has 0 radical (unpaired) electrons. The Morgan fingerprint density at radius 3 is 2.65 bits per heavy atom. The lowest BCUT2D eigenvalue weighted by Crippen LogP contribution is -2.47. The maximum atomic E-state index is 12.9. The summed E-state index contributed by atoms with van der Waals surface area (Å²) in [5.74, 6) is 0.333. The van der Waals surface area contributed by atoms with E-state index >= 15 is 0 Å². The van der Waals surface area contributed by atoms with Gasteiger partial charge < -0.3 is 14.2 Å². The van der Waals surface area contributed by atoms with Crippen LogP contribution in [0.1, 0.15) is 53.4 Å². The van der Waals surface area contributed by atoms with E-state index in [4.69, 9.17) is 14.2 Å². The molecule has 6 heteroatoms. The van der Waals surface area contributed by atoms with Crippen molar-refractivity contribution >= 4 is 17.5 Å². The zero-order chi connectivity index (χ0) is 18.8. The number of fused-ring (bicyclic) bond motifs is 7. The van der Waals surface area contributed by atoms with Gasteiger partial charge in [-0.3, -0.25) is 14.4 Å². The van der Waals surface area contributed by atoms with Gasteiger partial charge in [-0.1, -0.05) is 13.8 Å². The van der Waals surface area contributed by atoms with E-state index in [0.29, 0.717) is 11.8 Å². The van der Waals surface area contributed by atoms with Crippen LogP contribution in [-0.2, 0) is 28.6 Å². The number of epoxide rings is 1. The summed E-state index contributed by atoms with van der Waals surface area (Å²) in [7, 11) is 0. The molecule has 3 heterocycles. The molecule has 4 fully saturated rings. The minimum atomic E-state index is -0.842. The zero-order valence-corrected chi connectivity index (χ0v) is 15.9. The van der Waals surface area contributed by atoms with Gasteiger partial charge in [0.15, 0.2) is 17.7 Å². The Morgan fingerprint density at radius 1 is 1.27 bits per heavy atom. The molecular formula is C20H28O6. The van der Waals surface area contributed by atoms with Gasteiger partial charge in [0.25, 0.3) is 0 Å². The van der Waals surface area contributed by atoms with Crippen molar-refractivity contribution in [2.75, 3.05) is 0 Å². The molecule has 3 aliphatic heterocycles. The van der Waals surface area contributed by atoms with Crippen molar-refractivity contribution in [1.29, 1.82) is 0 Å². The summed E-state index contributed by atoms with van der Waals surface area (Å²) in [4.78, 5) is 37.0. The SMILES string of the molecule is CC(=O)O[C@H]1CCC(=O)[C@H]2O[C@@H](CC1=O)[C@@H]1[C@H]2[C@@H](C(C)C)C[C@@H]2O[C@]12C. The Kier molecular flexibility index (Phi) is 4.27. The number of rotatable bonds is 2. The van der Waals surface area contributed by atoms with Crippen LogP contribution in [0.25, 0.3) is 0 Å². The predicted octanol–water partition coefficient (Wildman–Crippen LogP) is 2.07. The van der Waals surface area contributed by atoms with Crippen molar-refractivity contribution in [2.24, 2.45) is 23.7 Å². The molecule has 4 aliphatic rings. The maximum Gasteiger partial charge on any atom is 0.303 e. The van der Waals surface area contributed by atoms with Crippen LogP contribution in [0.5, 0.6) is 0 Å². The molecule has 0 aromatic carbocycles. The van der Waals surface area contributed by atoms with Crippen LogP contribution in [0.2, 0.25) is 0 Å². The Hall–Kier alpha value is -1.27. The van der Waals surface area contributed by atoms with E-state index in [1.165, 1.54) is 6.92 Å². The second-order valence-corrected chi connectivity index (χ2v) is 8.91. The first-order chi connectivity index (χ1) is 12.2. The van der Waals surface area contributed by atoms with Gasteiger partial charge in [0.2, 0.25) is 0 Å². The smallest absolute Gasteiger partial charge is 0.303 e. The topological polar surface area (TPSA) is 82.2 Å². The van der Waals surface area contributed by atoms with E-state index in [1.807, 2.05) is 0 Å². The number of esters is 1. The van der Waals surface area contributed by atoms with Crippen molar-refractivity contribution in [1.82, 2.24) is 0 Å². The Morgan fingerprint density at radius 2 is 2.00 bits per heavy atom. The predicted molar refractivity (Wildman–Crippen MR) is 91.3 cm³/mol. The molecule has 0 amide bonds. The third-order valence-corrected chi connectivity index (χ3v) is 7.00. The molecule has 1 saturated carbocycles. The molecule has 144 valence electrons. The molecule has 6 nitrogen and oxygen atoms in total. The van der Waals surface area contributed by atoms with Crippen LogP contribution < -0.4 is 0 Å². The van der Waals surface area contributed by atoms with Crippen LogP contribution in [-0.4, -0.2) is 47.6 Å². The van der Waals surface area contributed by atoms with Crippen LogP contribution >= 0.6 is 0 Å². The maximum absolute atomic E-state index is 12.9. The van der Waals surface area contributed by atoms with Crippen molar-refractivity contribution < 1.29 is 28.6 Å². The fourth-order valence-corrected chi connectivity index (χ4v) is 5.71. The minimum absolute atomic E-state index is 0.0303. The highest BCUT2D eigenvalue weighted by Crippen LogP contribution is 2.62. The number of ether oxygens (including phenoxy) is 3. The minimum Gasteiger partial charge on any atom is -0.455 e.